The molecule has 17 heavy (non-hydrogen) atoms. The molecule has 0 aliphatic rings. The molecule has 1 aromatic rings. The SMILES string of the molecule is Cc1ccccc1C#CCC(O)CCCCO. The summed E-state index contributed by atoms with van der Waals surface area (Å²) in [6, 6.07) is 7.97. The first-order valence-corrected chi connectivity index (χ1v) is 6.07. The van der Waals surface area contributed by atoms with Gasteiger partial charge in [-0.05, 0) is 37.8 Å². The Bertz CT molecular complexity index is 387. The average molecular weight is 232 g/mol. The second-order valence-corrected chi connectivity index (χ2v) is 4.19. The number of unbranched alkanes of at least 4 members (excludes halogenated alkanes) is 1. The van der Waals surface area contributed by atoms with Crippen LogP contribution in [0.1, 0.15) is 36.8 Å². The van der Waals surface area contributed by atoms with Crippen LogP contribution in [0.3, 0.4) is 0 Å². The fraction of sp³-hybridized carbons (Fsp3) is 0.467. The van der Waals surface area contributed by atoms with Crippen molar-refractivity contribution in [3.05, 3.63) is 35.4 Å². The van der Waals surface area contributed by atoms with Crippen molar-refractivity contribution in [1.29, 1.82) is 0 Å². The lowest BCUT2D eigenvalue weighted by molar-refractivity contribution is 0.162. The van der Waals surface area contributed by atoms with E-state index >= 15 is 0 Å². The zero-order valence-electron chi connectivity index (χ0n) is 10.3. The van der Waals surface area contributed by atoms with Crippen molar-refractivity contribution >= 4 is 0 Å². The highest BCUT2D eigenvalue weighted by atomic mass is 16.3. The van der Waals surface area contributed by atoms with Crippen molar-refractivity contribution < 1.29 is 10.2 Å². The minimum absolute atomic E-state index is 0.196. The summed E-state index contributed by atoms with van der Waals surface area (Å²) in [5, 5.41) is 18.3. The van der Waals surface area contributed by atoms with E-state index < -0.39 is 0 Å². The minimum atomic E-state index is -0.377. The van der Waals surface area contributed by atoms with Crippen LogP contribution in [0.2, 0.25) is 0 Å². The van der Waals surface area contributed by atoms with E-state index in [1.54, 1.807) is 0 Å². The van der Waals surface area contributed by atoms with Gasteiger partial charge in [0.15, 0.2) is 0 Å². The van der Waals surface area contributed by atoms with E-state index in [2.05, 4.69) is 11.8 Å². The maximum absolute atomic E-state index is 9.64. The topological polar surface area (TPSA) is 40.5 Å². The van der Waals surface area contributed by atoms with Crippen LogP contribution < -0.4 is 0 Å². The van der Waals surface area contributed by atoms with E-state index in [4.69, 9.17) is 5.11 Å². The molecule has 1 rings (SSSR count). The molecule has 0 amide bonds. The number of benzene rings is 1. The van der Waals surface area contributed by atoms with Crippen LogP contribution in [-0.2, 0) is 0 Å². The van der Waals surface area contributed by atoms with Crippen molar-refractivity contribution in [3.8, 4) is 11.8 Å². The van der Waals surface area contributed by atoms with Crippen molar-refractivity contribution in [2.24, 2.45) is 0 Å². The maximum atomic E-state index is 9.64. The molecule has 0 bridgehead atoms. The first-order valence-electron chi connectivity index (χ1n) is 6.07. The molecule has 0 saturated carbocycles. The highest BCUT2D eigenvalue weighted by molar-refractivity contribution is 5.40. The summed E-state index contributed by atoms with van der Waals surface area (Å²) in [7, 11) is 0. The third kappa shape index (κ3) is 5.53. The lowest BCUT2D eigenvalue weighted by atomic mass is 10.1. The van der Waals surface area contributed by atoms with Gasteiger partial charge in [-0.15, -0.1) is 0 Å². The van der Waals surface area contributed by atoms with E-state index in [1.165, 1.54) is 0 Å². The summed E-state index contributed by atoms with van der Waals surface area (Å²) in [6.45, 7) is 2.23. The highest BCUT2D eigenvalue weighted by Crippen LogP contribution is 2.06. The third-order valence-electron chi connectivity index (χ3n) is 2.65. The van der Waals surface area contributed by atoms with Crippen LogP contribution in [0, 0.1) is 18.8 Å². The largest absolute Gasteiger partial charge is 0.396 e. The first kappa shape index (κ1) is 13.8. The quantitative estimate of drug-likeness (QED) is 0.604. The van der Waals surface area contributed by atoms with Gasteiger partial charge < -0.3 is 10.2 Å². The van der Waals surface area contributed by atoms with Gasteiger partial charge in [0.2, 0.25) is 0 Å². The molecular formula is C15H20O2. The molecule has 0 heterocycles. The third-order valence-corrected chi connectivity index (χ3v) is 2.65. The Kier molecular flexibility index (Phi) is 6.39. The van der Waals surface area contributed by atoms with Crippen molar-refractivity contribution in [2.45, 2.75) is 38.7 Å². The molecule has 2 heteroatoms. The van der Waals surface area contributed by atoms with Gasteiger partial charge in [0, 0.05) is 18.6 Å². The fourth-order valence-corrected chi connectivity index (χ4v) is 1.57. The molecule has 0 saturated heterocycles. The van der Waals surface area contributed by atoms with Crippen molar-refractivity contribution in [2.75, 3.05) is 6.61 Å². The molecule has 92 valence electrons. The molecule has 1 atom stereocenters. The van der Waals surface area contributed by atoms with Crippen LogP contribution in [0.15, 0.2) is 24.3 Å². The number of hydrogen-bond donors (Lipinski definition) is 2. The standard InChI is InChI=1S/C15H20O2/c1-13-7-2-3-8-14(13)9-6-11-15(17)10-4-5-12-16/h2-3,7-8,15-17H,4-5,10-12H2,1H3. The lowest BCUT2D eigenvalue weighted by Gasteiger charge is -2.04. The van der Waals surface area contributed by atoms with Crippen LogP contribution in [-0.4, -0.2) is 22.9 Å². The molecule has 1 unspecified atom stereocenters. The molecular weight excluding hydrogens is 212 g/mol. The summed E-state index contributed by atoms with van der Waals surface area (Å²) >= 11 is 0. The number of hydrogen-bond acceptors (Lipinski definition) is 2. The predicted molar refractivity (Wildman–Crippen MR) is 69.6 cm³/mol. The van der Waals surface area contributed by atoms with Gasteiger partial charge in [0.25, 0.3) is 0 Å². The van der Waals surface area contributed by atoms with Gasteiger partial charge in [-0.25, -0.2) is 0 Å². The molecule has 0 aliphatic heterocycles. The summed E-state index contributed by atoms with van der Waals surface area (Å²) < 4.78 is 0. The summed E-state index contributed by atoms with van der Waals surface area (Å²) in [6.07, 6.45) is 2.44. The molecule has 0 aromatic heterocycles. The maximum Gasteiger partial charge on any atom is 0.0649 e. The Morgan fingerprint density at radius 3 is 2.71 bits per heavy atom. The van der Waals surface area contributed by atoms with Crippen molar-refractivity contribution in [1.82, 2.24) is 0 Å². The van der Waals surface area contributed by atoms with E-state index in [-0.39, 0.29) is 12.7 Å². The second kappa shape index (κ2) is 7.89. The molecule has 0 aliphatic carbocycles. The van der Waals surface area contributed by atoms with E-state index in [0.717, 1.165) is 24.0 Å². The second-order valence-electron chi connectivity index (χ2n) is 4.19. The van der Waals surface area contributed by atoms with Crippen molar-refractivity contribution in [3.63, 3.8) is 0 Å². The summed E-state index contributed by atoms with van der Waals surface area (Å²) in [5.41, 5.74) is 2.19. The predicted octanol–water partition coefficient (Wildman–Crippen LogP) is 2.26. The van der Waals surface area contributed by atoms with E-state index in [9.17, 15) is 5.11 Å². The van der Waals surface area contributed by atoms with Crippen LogP contribution in [0.25, 0.3) is 0 Å². The molecule has 0 radical (unpaired) electrons. The monoisotopic (exact) mass is 232 g/mol. The Morgan fingerprint density at radius 2 is 2.00 bits per heavy atom. The van der Waals surface area contributed by atoms with Gasteiger partial charge in [0.05, 0.1) is 6.10 Å². The van der Waals surface area contributed by atoms with Crippen LogP contribution in [0.4, 0.5) is 0 Å². The normalized spacial score (nSPS) is 11.7. The minimum Gasteiger partial charge on any atom is -0.396 e. The Morgan fingerprint density at radius 1 is 1.24 bits per heavy atom. The Labute approximate surface area is 103 Å². The van der Waals surface area contributed by atoms with Gasteiger partial charge in [-0.3, -0.25) is 0 Å². The zero-order valence-corrected chi connectivity index (χ0v) is 10.3. The van der Waals surface area contributed by atoms with E-state index in [1.807, 2.05) is 31.2 Å². The summed E-state index contributed by atoms with van der Waals surface area (Å²) in [5.74, 6) is 6.08. The molecule has 2 N–H and O–H groups in total. The van der Waals surface area contributed by atoms with Gasteiger partial charge in [-0.2, -0.15) is 0 Å². The van der Waals surface area contributed by atoms with Gasteiger partial charge in [0.1, 0.15) is 0 Å². The van der Waals surface area contributed by atoms with Gasteiger partial charge in [-0.1, -0.05) is 30.0 Å². The average Bonchev–Trinajstić information content (AvgIpc) is 2.32. The molecule has 1 aromatic carbocycles. The first-order chi connectivity index (χ1) is 8.24. The number of aliphatic hydroxyl groups excluding tert-OH is 2. The van der Waals surface area contributed by atoms with Crippen LogP contribution in [0.5, 0.6) is 0 Å². The van der Waals surface area contributed by atoms with E-state index in [0.29, 0.717) is 12.8 Å². The Balaban J connectivity index is 2.38. The Hall–Kier alpha value is -1.30. The molecule has 2 nitrogen and oxygen atoms in total. The number of aryl methyl sites for hydroxylation is 1. The number of aliphatic hydroxyl groups is 2. The van der Waals surface area contributed by atoms with Crippen LogP contribution >= 0.6 is 0 Å². The fourth-order valence-electron chi connectivity index (χ4n) is 1.57. The number of rotatable bonds is 5. The highest BCUT2D eigenvalue weighted by Gasteiger charge is 2.00. The zero-order chi connectivity index (χ0) is 12.5. The summed E-state index contributed by atoms with van der Waals surface area (Å²) in [4.78, 5) is 0. The lowest BCUT2D eigenvalue weighted by Crippen LogP contribution is -2.05. The smallest absolute Gasteiger partial charge is 0.0649 e. The molecule has 0 fully saturated rings. The van der Waals surface area contributed by atoms with Gasteiger partial charge >= 0.3 is 0 Å². The molecule has 0 spiro atoms.